The van der Waals surface area contributed by atoms with Gasteiger partial charge in [-0.2, -0.15) is 0 Å². The maximum absolute atomic E-state index is 13.7. The topological polar surface area (TPSA) is 135 Å². The van der Waals surface area contributed by atoms with Crippen LogP contribution < -0.4 is 21.5 Å². The van der Waals surface area contributed by atoms with Crippen molar-refractivity contribution in [2.24, 2.45) is 17.4 Å². The standard InChI is InChI=1S/C23H35N5O3/c1-2-31-19-13-16(21(25)26)9-10-17(19)15-27-22(30)23(18-7-4-3-5-8-18)11-6-12-28(23)20(29)14-24/h9-10,13,18H,2-8,11-12,14-15,24H2,1H3,(H3,25,26)(H,27,30)/t23-/m1/s1. The number of nitrogen functional groups attached to an aromatic ring is 1. The first kappa shape index (κ1) is 23.1. The van der Waals surface area contributed by atoms with E-state index in [-0.39, 0.29) is 36.7 Å². The maximum Gasteiger partial charge on any atom is 0.246 e. The van der Waals surface area contributed by atoms with Gasteiger partial charge in [-0.05, 0) is 44.6 Å². The lowest BCUT2D eigenvalue weighted by molar-refractivity contribution is -0.148. The van der Waals surface area contributed by atoms with Crippen LogP contribution >= 0.6 is 0 Å². The first-order valence-corrected chi connectivity index (χ1v) is 11.3. The molecule has 0 aromatic heterocycles. The highest BCUT2D eigenvalue weighted by Gasteiger charge is 2.54. The average molecular weight is 430 g/mol. The van der Waals surface area contributed by atoms with Crippen LogP contribution in [0.25, 0.3) is 0 Å². The van der Waals surface area contributed by atoms with Crippen LogP contribution in [0.3, 0.4) is 0 Å². The van der Waals surface area contributed by atoms with Crippen molar-refractivity contribution in [1.82, 2.24) is 10.2 Å². The van der Waals surface area contributed by atoms with Gasteiger partial charge in [0.15, 0.2) is 0 Å². The average Bonchev–Trinajstić information content (AvgIpc) is 3.24. The molecule has 3 rings (SSSR count). The number of ether oxygens (including phenoxy) is 1. The zero-order valence-corrected chi connectivity index (χ0v) is 18.4. The molecule has 8 nitrogen and oxygen atoms in total. The Morgan fingerprint density at radius 1 is 1.26 bits per heavy atom. The van der Waals surface area contributed by atoms with E-state index >= 15 is 0 Å². The van der Waals surface area contributed by atoms with Crippen LogP contribution in [0.1, 0.15) is 63.0 Å². The Labute approximate surface area is 184 Å². The van der Waals surface area contributed by atoms with Gasteiger partial charge in [-0.25, -0.2) is 0 Å². The lowest BCUT2D eigenvalue weighted by Gasteiger charge is -2.44. The van der Waals surface area contributed by atoms with Crippen LogP contribution in [0.2, 0.25) is 0 Å². The van der Waals surface area contributed by atoms with Gasteiger partial charge in [0, 0.05) is 24.2 Å². The number of nitrogens with one attached hydrogen (secondary N) is 2. The minimum atomic E-state index is -0.817. The van der Waals surface area contributed by atoms with Crippen molar-refractivity contribution in [2.45, 2.75) is 64.0 Å². The number of likely N-dealkylation sites (tertiary alicyclic amines) is 1. The number of benzene rings is 1. The Kier molecular flexibility index (Phi) is 7.54. The summed E-state index contributed by atoms with van der Waals surface area (Å²) in [5, 5.41) is 10.7. The quantitative estimate of drug-likeness (QED) is 0.370. The van der Waals surface area contributed by atoms with E-state index in [2.05, 4.69) is 5.32 Å². The predicted molar refractivity (Wildman–Crippen MR) is 120 cm³/mol. The van der Waals surface area contributed by atoms with Gasteiger partial charge in [-0.15, -0.1) is 0 Å². The molecule has 0 spiro atoms. The lowest BCUT2D eigenvalue weighted by Crippen LogP contribution is -2.62. The van der Waals surface area contributed by atoms with E-state index in [1.54, 1.807) is 17.0 Å². The minimum Gasteiger partial charge on any atom is -0.494 e. The molecule has 1 aliphatic heterocycles. The molecule has 0 bridgehead atoms. The van der Waals surface area contributed by atoms with Crippen LogP contribution in [0, 0.1) is 11.3 Å². The monoisotopic (exact) mass is 429 g/mol. The van der Waals surface area contributed by atoms with Gasteiger partial charge < -0.3 is 26.4 Å². The number of rotatable bonds is 8. The molecule has 1 aliphatic carbocycles. The van der Waals surface area contributed by atoms with Crippen molar-refractivity contribution in [1.29, 1.82) is 5.41 Å². The normalized spacial score (nSPS) is 21.7. The van der Waals surface area contributed by atoms with Gasteiger partial charge in [-0.1, -0.05) is 31.4 Å². The largest absolute Gasteiger partial charge is 0.494 e. The molecule has 0 unspecified atom stereocenters. The summed E-state index contributed by atoms with van der Waals surface area (Å²) in [6.45, 7) is 3.13. The minimum absolute atomic E-state index is 0.0327. The molecule has 1 saturated heterocycles. The number of carbonyl (C=O) groups excluding carboxylic acids is 2. The van der Waals surface area contributed by atoms with Crippen molar-refractivity contribution in [3.8, 4) is 5.75 Å². The summed E-state index contributed by atoms with van der Waals surface area (Å²) >= 11 is 0. The van der Waals surface area contributed by atoms with E-state index in [9.17, 15) is 9.59 Å². The molecule has 8 heteroatoms. The summed E-state index contributed by atoms with van der Waals surface area (Å²) < 4.78 is 5.72. The number of carbonyl (C=O) groups is 2. The lowest BCUT2D eigenvalue weighted by atomic mass is 9.72. The van der Waals surface area contributed by atoms with Crippen molar-refractivity contribution in [2.75, 3.05) is 19.7 Å². The summed E-state index contributed by atoms with van der Waals surface area (Å²) in [6, 6.07) is 5.31. The highest BCUT2D eigenvalue weighted by atomic mass is 16.5. The molecule has 6 N–H and O–H groups in total. The Morgan fingerprint density at radius 2 is 2.00 bits per heavy atom. The number of nitrogens with zero attached hydrogens (tertiary/aromatic N) is 1. The van der Waals surface area contributed by atoms with Gasteiger partial charge in [0.1, 0.15) is 17.1 Å². The van der Waals surface area contributed by atoms with E-state index in [4.69, 9.17) is 21.6 Å². The van der Waals surface area contributed by atoms with Crippen molar-refractivity contribution in [3.05, 3.63) is 29.3 Å². The molecular formula is C23H35N5O3. The molecular weight excluding hydrogens is 394 g/mol. The zero-order chi connectivity index (χ0) is 22.4. The first-order valence-electron chi connectivity index (χ1n) is 11.3. The Bertz CT molecular complexity index is 821. The molecule has 1 atom stereocenters. The zero-order valence-electron chi connectivity index (χ0n) is 18.4. The smallest absolute Gasteiger partial charge is 0.246 e. The molecule has 1 aromatic carbocycles. The van der Waals surface area contributed by atoms with E-state index in [1.807, 2.05) is 13.0 Å². The SMILES string of the molecule is CCOc1cc(C(=N)N)ccc1CNC(=O)[C@]1(C2CCCCC2)CCCN1C(=O)CN. The summed E-state index contributed by atoms with van der Waals surface area (Å²) in [4.78, 5) is 28.1. The molecule has 1 saturated carbocycles. The van der Waals surface area contributed by atoms with E-state index in [1.165, 1.54) is 6.42 Å². The summed E-state index contributed by atoms with van der Waals surface area (Å²) in [6.07, 6.45) is 6.76. The van der Waals surface area contributed by atoms with Crippen LogP contribution in [-0.2, 0) is 16.1 Å². The second-order valence-electron chi connectivity index (χ2n) is 8.46. The number of hydrogen-bond acceptors (Lipinski definition) is 5. The fourth-order valence-electron chi connectivity index (χ4n) is 5.21. The molecule has 1 heterocycles. The third-order valence-electron chi connectivity index (χ3n) is 6.69. The number of amides is 2. The molecule has 2 amide bonds. The van der Waals surface area contributed by atoms with Crippen LogP contribution in [0.15, 0.2) is 18.2 Å². The van der Waals surface area contributed by atoms with E-state index < -0.39 is 5.54 Å². The van der Waals surface area contributed by atoms with Gasteiger partial charge in [0.25, 0.3) is 0 Å². The van der Waals surface area contributed by atoms with E-state index in [0.717, 1.165) is 37.7 Å². The van der Waals surface area contributed by atoms with E-state index in [0.29, 0.717) is 30.9 Å². The predicted octanol–water partition coefficient (Wildman–Crippen LogP) is 1.89. The first-order chi connectivity index (χ1) is 14.9. The Morgan fingerprint density at radius 3 is 2.65 bits per heavy atom. The molecule has 2 aliphatic rings. The Hall–Kier alpha value is -2.61. The van der Waals surface area contributed by atoms with Gasteiger partial charge in [0.2, 0.25) is 11.8 Å². The van der Waals surface area contributed by atoms with Crippen molar-refractivity contribution >= 4 is 17.6 Å². The molecule has 0 radical (unpaired) electrons. The number of hydrogen-bond donors (Lipinski definition) is 4. The van der Waals surface area contributed by atoms with Crippen molar-refractivity contribution < 1.29 is 14.3 Å². The molecule has 170 valence electrons. The van der Waals surface area contributed by atoms with Crippen LogP contribution in [0.5, 0.6) is 5.75 Å². The highest BCUT2D eigenvalue weighted by Crippen LogP contribution is 2.43. The summed E-state index contributed by atoms with van der Waals surface area (Å²) in [7, 11) is 0. The van der Waals surface area contributed by atoms with Crippen LogP contribution in [-0.4, -0.2) is 47.8 Å². The highest BCUT2D eigenvalue weighted by molar-refractivity contribution is 5.95. The molecule has 31 heavy (non-hydrogen) atoms. The molecule has 2 fully saturated rings. The second-order valence-corrected chi connectivity index (χ2v) is 8.46. The summed E-state index contributed by atoms with van der Waals surface area (Å²) in [5.74, 6) is 0.472. The summed E-state index contributed by atoms with van der Waals surface area (Å²) in [5.41, 5.74) is 11.9. The second kappa shape index (κ2) is 10.1. The van der Waals surface area contributed by atoms with Crippen molar-refractivity contribution in [3.63, 3.8) is 0 Å². The number of amidine groups is 1. The Balaban J connectivity index is 1.84. The van der Waals surface area contributed by atoms with Gasteiger partial charge >= 0.3 is 0 Å². The van der Waals surface area contributed by atoms with Gasteiger partial charge in [0.05, 0.1) is 13.2 Å². The van der Waals surface area contributed by atoms with Crippen LogP contribution in [0.4, 0.5) is 0 Å². The molecule has 1 aromatic rings. The third kappa shape index (κ3) is 4.69. The third-order valence-corrected chi connectivity index (χ3v) is 6.69. The number of nitrogens with two attached hydrogens (primary N) is 2. The fourth-order valence-corrected chi connectivity index (χ4v) is 5.21. The van der Waals surface area contributed by atoms with Gasteiger partial charge in [-0.3, -0.25) is 15.0 Å². The maximum atomic E-state index is 13.7. The fraction of sp³-hybridized carbons (Fsp3) is 0.609.